The molecule has 0 saturated carbocycles. The van der Waals surface area contributed by atoms with Crippen molar-refractivity contribution >= 4 is 52.3 Å². The first kappa shape index (κ1) is 24.6. The largest absolute Gasteiger partial charge is 0.480 e. The van der Waals surface area contributed by atoms with E-state index in [0.29, 0.717) is 45.3 Å². The Kier molecular flexibility index (Phi) is 7.54. The summed E-state index contributed by atoms with van der Waals surface area (Å²) in [5.74, 6) is -1.16. The van der Waals surface area contributed by atoms with E-state index in [-0.39, 0.29) is 12.1 Å². The molecule has 0 bridgehead atoms. The molecule has 2 aliphatic heterocycles. The smallest absolute Gasteiger partial charge is 0.338 e. The third kappa shape index (κ3) is 4.96. The number of aliphatic imine (C=N–C) groups is 1. The van der Waals surface area contributed by atoms with Crippen molar-refractivity contribution in [3.63, 3.8) is 0 Å². The predicted octanol–water partition coefficient (Wildman–Crippen LogP) is 3.14. The summed E-state index contributed by atoms with van der Waals surface area (Å²) in [5.41, 5.74) is 1.25. The minimum Gasteiger partial charge on any atom is -0.480 e. The maximum atomic E-state index is 13.0. The number of thiazole rings is 1. The maximum absolute atomic E-state index is 13.0. The van der Waals surface area contributed by atoms with Gasteiger partial charge in [-0.25, -0.2) is 9.78 Å². The molecule has 1 unspecified atom stereocenters. The Morgan fingerprint density at radius 1 is 1.38 bits per heavy atom. The Bertz CT molecular complexity index is 1150. The Hall–Kier alpha value is -2.50. The molecule has 2 aromatic rings. The molecular weight excluding hydrogens is 503 g/mol. The number of carboxylic acid groups (broad SMARTS) is 1. The molecule has 0 radical (unpaired) electrons. The zero-order valence-corrected chi connectivity index (χ0v) is 20.7. The number of carbonyl (C=O) groups is 2. The molecule has 0 aliphatic carbocycles. The monoisotopic (exact) mass is 524 g/mol. The van der Waals surface area contributed by atoms with Crippen molar-refractivity contribution < 1.29 is 24.2 Å². The number of benzene rings is 1. The van der Waals surface area contributed by atoms with Crippen LogP contribution in [0.2, 0.25) is 10.0 Å². The second-order valence-corrected chi connectivity index (χ2v) is 9.46. The topological polar surface area (TPSA) is 113 Å². The SMILES string of the molecule is COC(=O)C1=C(CN2CCO[C@H](C)[C@H]2C(=O)O)NC(c2nccs2)=NC1c1ccc(Cl)cc1Cl. The van der Waals surface area contributed by atoms with Crippen LogP contribution < -0.4 is 5.32 Å². The molecule has 1 fully saturated rings. The van der Waals surface area contributed by atoms with Crippen LogP contribution in [0.4, 0.5) is 0 Å². The highest BCUT2D eigenvalue weighted by molar-refractivity contribution is 7.11. The average molecular weight is 525 g/mol. The van der Waals surface area contributed by atoms with E-state index in [0.717, 1.165) is 0 Å². The van der Waals surface area contributed by atoms with Gasteiger partial charge in [0.15, 0.2) is 10.8 Å². The molecule has 34 heavy (non-hydrogen) atoms. The van der Waals surface area contributed by atoms with E-state index in [2.05, 4.69) is 10.3 Å². The van der Waals surface area contributed by atoms with E-state index in [1.807, 2.05) is 5.38 Å². The van der Waals surface area contributed by atoms with Crippen LogP contribution in [0.3, 0.4) is 0 Å². The highest BCUT2D eigenvalue weighted by Gasteiger charge is 2.39. The summed E-state index contributed by atoms with van der Waals surface area (Å²) in [6.45, 7) is 2.58. The van der Waals surface area contributed by atoms with Crippen LogP contribution >= 0.6 is 34.5 Å². The number of hydrogen-bond acceptors (Lipinski definition) is 9. The molecule has 3 atom stereocenters. The fourth-order valence-corrected chi connectivity index (χ4v) is 5.19. The van der Waals surface area contributed by atoms with Gasteiger partial charge in [0.1, 0.15) is 12.1 Å². The van der Waals surface area contributed by atoms with E-state index in [1.165, 1.54) is 18.4 Å². The predicted molar refractivity (Wildman–Crippen MR) is 128 cm³/mol. The van der Waals surface area contributed by atoms with Crippen molar-refractivity contribution in [2.45, 2.75) is 25.1 Å². The molecule has 0 amide bonds. The third-order valence-corrected chi connectivity index (χ3v) is 6.98. The van der Waals surface area contributed by atoms with Crippen LogP contribution in [0.15, 0.2) is 46.0 Å². The lowest BCUT2D eigenvalue weighted by Crippen LogP contribution is -2.56. The van der Waals surface area contributed by atoms with Gasteiger partial charge in [0.2, 0.25) is 0 Å². The highest BCUT2D eigenvalue weighted by Crippen LogP contribution is 2.37. The molecule has 1 saturated heterocycles. The summed E-state index contributed by atoms with van der Waals surface area (Å²) in [5, 5.41) is 16.2. The number of carboxylic acids is 1. The Balaban J connectivity index is 1.83. The van der Waals surface area contributed by atoms with Crippen LogP contribution in [-0.2, 0) is 19.1 Å². The number of hydrogen-bond donors (Lipinski definition) is 2. The quantitative estimate of drug-likeness (QED) is 0.554. The number of aliphatic carboxylic acids is 1. The lowest BCUT2D eigenvalue weighted by Gasteiger charge is -2.38. The van der Waals surface area contributed by atoms with E-state index in [9.17, 15) is 14.7 Å². The Labute approximate surface area is 210 Å². The fourth-order valence-electron chi connectivity index (χ4n) is 4.09. The number of carbonyl (C=O) groups excluding carboxylic acids is 1. The van der Waals surface area contributed by atoms with Gasteiger partial charge in [-0.15, -0.1) is 11.3 Å². The fraction of sp³-hybridized carbons (Fsp3) is 0.364. The van der Waals surface area contributed by atoms with Gasteiger partial charge in [0, 0.05) is 46.0 Å². The summed E-state index contributed by atoms with van der Waals surface area (Å²) < 4.78 is 10.6. The van der Waals surface area contributed by atoms with Crippen LogP contribution in [0.1, 0.15) is 23.5 Å². The number of nitrogens with zero attached hydrogens (tertiary/aromatic N) is 3. The zero-order chi connectivity index (χ0) is 24.4. The normalized spacial score (nSPS) is 23.3. The van der Waals surface area contributed by atoms with E-state index in [4.69, 9.17) is 37.7 Å². The van der Waals surface area contributed by atoms with Gasteiger partial charge in [-0.1, -0.05) is 29.3 Å². The van der Waals surface area contributed by atoms with Gasteiger partial charge in [-0.3, -0.25) is 14.7 Å². The van der Waals surface area contributed by atoms with Crippen molar-refractivity contribution in [1.29, 1.82) is 0 Å². The van der Waals surface area contributed by atoms with Crippen molar-refractivity contribution in [1.82, 2.24) is 15.2 Å². The lowest BCUT2D eigenvalue weighted by atomic mass is 9.95. The third-order valence-electron chi connectivity index (χ3n) is 5.63. The number of ether oxygens (including phenoxy) is 2. The van der Waals surface area contributed by atoms with Gasteiger partial charge in [-0.05, 0) is 19.1 Å². The van der Waals surface area contributed by atoms with E-state index >= 15 is 0 Å². The summed E-state index contributed by atoms with van der Waals surface area (Å²) in [6, 6.07) is 3.26. The minimum absolute atomic E-state index is 0.126. The second-order valence-electron chi connectivity index (χ2n) is 7.72. The molecule has 1 aromatic heterocycles. The van der Waals surface area contributed by atoms with Crippen LogP contribution in [-0.4, -0.2) is 71.7 Å². The van der Waals surface area contributed by atoms with E-state index < -0.39 is 30.1 Å². The maximum Gasteiger partial charge on any atom is 0.338 e. The van der Waals surface area contributed by atoms with Gasteiger partial charge in [0.25, 0.3) is 0 Å². The number of morpholine rings is 1. The summed E-state index contributed by atoms with van der Waals surface area (Å²) in [7, 11) is 1.28. The number of halogens is 2. The molecule has 180 valence electrons. The summed E-state index contributed by atoms with van der Waals surface area (Å²) in [6.07, 6.45) is 1.13. The minimum atomic E-state index is -1.01. The Morgan fingerprint density at radius 2 is 2.18 bits per heavy atom. The molecule has 12 heteroatoms. The number of esters is 1. The molecule has 1 aromatic carbocycles. The molecule has 9 nitrogen and oxygen atoms in total. The second kappa shape index (κ2) is 10.4. The molecule has 2 N–H and O–H groups in total. The number of rotatable bonds is 6. The van der Waals surface area contributed by atoms with E-state index in [1.54, 1.807) is 36.2 Å². The standard InChI is InChI=1S/C22H22Cl2N4O5S/c1-11-18(21(29)30)28(6-7-33-11)10-15-16(22(31)32-2)17(13-4-3-12(23)9-14(13)24)27-19(26-15)20-25-5-8-34-20/h3-5,8-9,11,17-18H,6-7,10H2,1-2H3,(H,26,27)(H,29,30)/t11-,17?,18+/m1/s1. The van der Waals surface area contributed by atoms with Gasteiger partial charge >= 0.3 is 11.9 Å². The molecule has 2 aliphatic rings. The van der Waals surface area contributed by atoms with Gasteiger partial charge < -0.3 is 19.9 Å². The zero-order valence-electron chi connectivity index (χ0n) is 18.3. The highest BCUT2D eigenvalue weighted by atomic mass is 35.5. The lowest BCUT2D eigenvalue weighted by molar-refractivity contribution is -0.155. The molecular formula is C22H22Cl2N4O5S. The van der Waals surface area contributed by atoms with Crippen molar-refractivity contribution in [3.8, 4) is 0 Å². The first-order valence-corrected chi connectivity index (χ1v) is 12.0. The first-order valence-electron chi connectivity index (χ1n) is 10.4. The summed E-state index contributed by atoms with van der Waals surface area (Å²) in [4.78, 5) is 35.9. The van der Waals surface area contributed by atoms with Crippen LogP contribution in [0, 0.1) is 0 Å². The Morgan fingerprint density at radius 3 is 2.82 bits per heavy atom. The van der Waals surface area contributed by atoms with Crippen LogP contribution in [0.5, 0.6) is 0 Å². The molecule has 0 spiro atoms. The molecule has 4 rings (SSSR count). The molecule has 3 heterocycles. The number of amidine groups is 1. The van der Waals surface area contributed by atoms with Gasteiger partial charge in [-0.2, -0.15) is 0 Å². The number of methoxy groups -OCH3 is 1. The number of nitrogens with one attached hydrogen (secondary N) is 1. The van der Waals surface area contributed by atoms with Crippen molar-refractivity contribution in [3.05, 3.63) is 61.7 Å². The number of aromatic nitrogens is 1. The van der Waals surface area contributed by atoms with Crippen molar-refractivity contribution in [2.24, 2.45) is 4.99 Å². The summed E-state index contributed by atoms with van der Waals surface area (Å²) >= 11 is 14.0. The first-order chi connectivity index (χ1) is 16.3. The average Bonchev–Trinajstić information content (AvgIpc) is 3.33. The van der Waals surface area contributed by atoms with Crippen LogP contribution in [0.25, 0.3) is 0 Å². The van der Waals surface area contributed by atoms with Gasteiger partial charge in [0.05, 0.1) is 25.4 Å². The van der Waals surface area contributed by atoms with Crippen molar-refractivity contribution in [2.75, 3.05) is 26.8 Å².